The molecule has 4 nitrogen and oxygen atoms in total. The molecule has 0 bridgehead atoms. The van der Waals surface area contributed by atoms with Gasteiger partial charge in [-0.1, -0.05) is 12.1 Å². The van der Waals surface area contributed by atoms with Crippen LogP contribution in [-0.2, 0) is 6.54 Å². The number of nitrogens with zero attached hydrogens (tertiary/aromatic N) is 1. The number of hydrogen-bond donors (Lipinski definition) is 3. The molecule has 3 N–H and O–H groups in total. The number of phenols is 1. The van der Waals surface area contributed by atoms with E-state index in [4.69, 9.17) is 0 Å². The molecule has 1 aromatic heterocycles. The van der Waals surface area contributed by atoms with Gasteiger partial charge in [0.2, 0.25) is 0 Å². The maximum atomic E-state index is 9.37. The highest BCUT2D eigenvalue weighted by molar-refractivity contribution is 5.29. The van der Waals surface area contributed by atoms with Crippen LogP contribution in [0.15, 0.2) is 36.7 Å². The lowest BCUT2D eigenvalue weighted by atomic mass is 10.1. The Balaban J connectivity index is 1.95. The third-order valence-electron chi connectivity index (χ3n) is 2.54. The summed E-state index contributed by atoms with van der Waals surface area (Å²) in [5, 5.41) is 19.4. The van der Waals surface area contributed by atoms with E-state index in [0.29, 0.717) is 5.75 Å². The fraction of sp³-hybridized carbons (Fsp3) is 0.250. The van der Waals surface area contributed by atoms with E-state index in [0.717, 1.165) is 17.7 Å². The van der Waals surface area contributed by atoms with E-state index in [9.17, 15) is 5.11 Å². The van der Waals surface area contributed by atoms with Gasteiger partial charge in [0, 0.05) is 24.3 Å². The summed E-state index contributed by atoms with van der Waals surface area (Å²) in [6.45, 7) is 2.82. The summed E-state index contributed by atoms with van der Waals surface area (Å²) in [6, 6.07) is 7.48. The molecule has 1 aromatic carbocycles. The second kappa shape index (κ2) is 4.81. The van der Waals surface area contributed by atoms with Crippen molar-refractivity contribution in [1.29, 1.82) is 0 Å². The molecule has 1 unspecified atom stereocenters. The standard InChI is InChI=1S/C12H15N3O/c1-9(11-3-2-4-12(16)5-11)13-6-10-7-14-15-8-10/h2-5,7-9,13,16H,6H2,1H3,(H,14,15). The van der Waals surface area contributed by atoms with Gasteiger partial charge in [-0.3, -0.25) is 5.10 Å². The minimum absolute atomic E-state index is 0.196. The van der Waals surface area contributed by atoms with E-state index in [1.807, 2.05) is 18.3 Å². The van der Waals surface area contributed by atoms with Crippen molar-refractivity contribution >= 4 is 0 Å². The van der Waals surface area contributed by atoms with Crippen LogP contribution in [0.4, 0.5) is 0 Å². The smallest absolute Gasteiger partial charge is 0.115 e. The third-order valence-corrected chi connectivity index (χ3v) is 2.54. The fourth-order valence-electron chi connectivity index (χ4n) is 1.56. The SMILES string of the molecule is CC(NCc1cn[nH]c1)c1cccc(O)c1. The van der Waals surface area contributed by atoms with Crippen molar-refractivity contribution in [3.05, 3.63) is 47.8 Å². The van der Waals surface area contributed by atoms with Gasteiger partial charge in [0.25, 0.3) is 0 Å². The Morgan fingerprint density at radius 3 is 3.06 bits per heavy atom. The summed E-state index contributed by atoms with van der Waals surface area (Å²) in [5.74, 6) is 0.300. The molecule has 0 aliphatic heterocycles. The Hall–Kier alpha value is -1.81. The largest absolute Gasteiger partial charge is 0.508 e. The topological polar surface area (TPSA) is 60.9 Å². The lowest BCUT2D eigenvalue weighted by Crippen LogP contribution is -2.17. The summed E-state index contributed by atoms with van der Waals surface area (Å²) in [5.41, 5.74) is 2.19. The maximum Gasteiger partial charge on any atom is 0.115 e. The van der Waals surface area contributed by atoms with Gasteiger partial charge >= 0.3 is 0 Å². The Bertz CT molecular complexity index is 439. The predicted octanol–water partition coefficient (Wildman–Crippen LogP) is 1.97. The van der Waals surface area contributed by atoms with Crippen molar-refractivity contribution in [3.63, 3.8) is 0 Å². The lowest BCUT2D eigenvalue weighted by molar-refractivity contribution is 0.472. The number of aromatic hydroxyl groups is 1. The van der Waals surface area contributed by atoms with Gasteiger partial charge in [-0.15, -0.1) is 0 Å². The first kappa shape index (κ1) is 10.7. The summed E-state index contributed by atoms with van der Waals surface area (Å²) in [6.07, 6.45) is 3.66. The molecule has 4 heteroatoms. The molecule has 16 heavy (non-hydrogen) atoms. The van der Waals surface area contributed by atoms with Gasteiger partial charge in [0.1, 0.15) is 5.75 Å². The average molecular weight is 217 g/mol. The third kappa shape index (κ3) is 2.61. The molecular formula is C12H15N3O. The van der Waals surface area contributed by atoms with Crippen LogP contribution in [0, 0.1) is 0 Å². The van der Waals surface area contributed by atoms with Crippen molar-refractivity contribution in [1.82, 2.24) is 15.5 Å². The minimum Gasteiger partial charge on any atom is -0.508 e. The van der Waals surface area contributed by atoms with Gasteiger partial charge in [-0.05, 0) is 24.6 Å². The Morgan fingerprint density at radius 1 is 1.50 bits per heavy atom. The zero-order valence-corrected chi connectivity index (χ0v) is 9.14. The molecule has 0 saturated carbocycles. The number of rotatable bonds is 4. The fourth-order valence-corrected chi connectivity index (χ4v) is 1.56. The van der Waals surface area contributed by atoms with Gasteiger partial charge < -0.3 is 10.4 Å². The minimum atomic E-state index is 0.196. The molecule has 0 fully saturated rings. The summed E-state index contributed by atoms with van der Waals surface area (Å²) >= 11 is 0. The molecule has 1 heterocycles. The first-order chi connectivity index (χ1) is 7.75. The molecule has 2 rings (SSSR count). The highest BCUT2D eigenvalue weighted by Crippen LogP contribution is 2.17. The van der Waals surface area contributed by atoms with Crippen LogP contribution in [-0.4, -0.2) is 15.3 Å². The first-order valence-corrected chi connectivity index (χ1v) is 5.25. The summed E-state index contributed by atoms with van der Waals surface area (Å²) in [4.78, 5) is 0. The monoisotopic (exact) mass is 217 g/mol. The number of hydrogen-bond acceptors (Lipinski definition) is 3. The highest BCUT2D eigenvalue weighted by Gasteiger charge is 2.05. The van der Waals surface area contributed by atoms with Gasteiger partial charge in [0.15, 0.2) is 0 Å². The Kier molecular flexibility index (Phi) is 3.22. The molecule has 0 amide bonds. The first-order valence-electron chi connectivity index (χ1n) is 5.25. The molecule has 2 aromatic rings. The van der Waals surface area contributed by atoms with Crippen LogP contribution in [0.5, 0.6) is 5.75 Å². The van der Waals surface area contributed by atoms with E-state index in [2.05, 4.69) is 22.4 Å². The predicted molar refractivity (Wildman–Crippen MR) is 61.9 cm³/mol. The number of H-pyrrole nitrogens is 1. The normalized spacial score (nSPS) is 12.6. The Labute approximate surface area is 94.3 Å². The zero-order valence-electron chi connectivity index (χ0n) is 9.14. The van der Waals surface area contributed by atoms with E-state index in [-0.39, 0.29) is 6.04 Å². The zero-order chi connectivity index (χ0) is 11.4. The number of aromatic amines is 1. The van der Waals surface area contributed by atoms with E-state index in [1.165, 1.54) is 0 Å². The molecule has 1 atom stereocenters. The molecular weight excluding hydrogens is 202 g/mol. The molecule has 84 valence electrons. The molecule has 0 aliphatic carbocycles. The van der Waals surface area contributed by atoms with Gasteiger partial charge in [0.05, 0.1) is 6.20 Å². The highest BCUT2D eigenvalue weighted by atomic mass is 16.3. The van der Waals surface area contributed by atoms with E-state index >= 15 is 0 Å². The van der Waals surface area contributed by atoms with Crippen LogP contribution in [0.1, 0.15) is 24.1 Å². The van der Waals surface area contributed by atoms with Crippen molar-refractivity contribution in [3.8, 4) is 5.75 Å². The maximum absolute atomic E-state index is 9.37. The van der Waals surface area contributed by atoms with Crippen LogP contribution >= 0.6 is 0 Å². The number of nitrogens with one attached hydrogen (secondary N) is 2. The molecule has 0 radical (unpaired) electrons. The second-order valence-corrected chi connectivity index (χ2v) is 3.80. The van der Waals surface area contributed by atoms with Crippen LogP contribution in [0.3, 0.4) is 0 Å². The van der Waals surface area contributed by atoms with Crippen molar-refractivity contribution in [2.24, 2.45) is 0 Å². The molecule has 0 spiro atoms. The van der Waals surface area contributed by atoms with Crippen molar-refractivity contribution in [2.45, 2.75) is 19.5 Å². The number of phenolic OH excluding ortho intramolecular Hbond substituents is 1. The van der Waals surface area contributed by atoms with Crippen molar-refractivity contribution in [2.75, 3.05) is 0 Å². The lowest BCUT2D eigenvalue weighted by Gasteiger charge is -2.13. The molecule has 0 saturated heterocycles. The number of benzene rings is 1. The van der Waals surface area contributed by atoms with Crippen LogP contribution in [0.2, 0.25) is 0 Å². The van der Waals surface area contributed by atoms with Gasteiger partial charge in [-0.2, -0.15) is 5.10 Å². The van der Waals surface area contributed by atoms with Crippen LogP contribution in [0.25, 0.3) is 0 Å². The van der Waals surface area contributed by atoms with Gasteiger partial charge in [-0.25, -0.2) is 0 Å². The number of aromatic nitrogens is 2. The van der Waals surface area contributed by atoms with E-state index in [1.54, 1.807) is 18.3 Å². The summed E-state index contributed by atoms with van der Waals surface area (Å²) in [7, 11) is 0. The van der Waals surface area contributed by atoms with Crippen LogP contribution < -0.4 is 5.32 Å². The second-order valence-electron chi connectivity index (χ2n) is 3.80. The Morgan fingerprint density at radius 2 is 2.38 bits per heavy atom. The average Bonchev–Trinajstić information content (AvgIpc) is 2.78. The quantitative estimate of drug-likeness (QED) is 0.733. The van der Waals surface area contributed by atoms with E-state index < -0.39 is 0 Å². The summed E-state index contributed by atoms with van der Waals surface area (Å²) < 4.78 is 0. The van der Waals surface area contributed by atoms with Crippen molar-refractivity contribution < 1.29 is 5.11 Å². The molecule has 0 aliphatic rings.